The molecular formula is C20H19ClF3N3O3. The Morgan fingerprint density at radius 3 is 2.57 bits per heavy atom. The first-order chi connectivity index (χ1) is 14.3. The van der Waals surface area contributed by atoms with E-state index in [0.29, 0.717) is 30.0 Å². The van der Waals surface area contributed by atoms with Crippen LogP contribution in [-0.4, -0.2) is 17.8 Å². The van der Waals surface area contributed by atoms with E-state index in [-0.39, 0.29) is 24.4 Å². The number of nitrogens with one attached hydrogen (secondary N) is 2. The van der Waals surface area contributed by atoms with E-state index in [1.54, 1.807) is 24.3 Å². The lowest BCUT2D eigenvalue weighted by Crippen LogP contribution is -2.48. The molecule has 2 aromatic rings. The summed E-state index contributed by atoms with van der Waals surface area (Å²) in [5.74, 6) is 0.519. The number of unbranched alkanes of at least 4 members (excludes halogenated alkanes) is 1. The molecule has 0 radical (unpaired) electrons. The molecule has 2 aromatic carbocycles. The number of hydrogen-bond acceptors (Lipinski definition) is 3. The molecule has 10 heteroatoms. The summed E-state index contributed by atoms with van der Waals surface area (Å²) in [6, 6.07) is 8.94. The summed E-state index contributed by atoms with van der Waals surface area (Å²) in [6.45, 7) is -0.0432. The van der Waals surface area contributed by atoms with Crippen LogP contribution in [0.5, 0.6) is 11.5 Å². The number of rotatable bonds is 4. The van der Waals surface area contributed by atoms with Gasteiger partial charge in [-0.3, -0.25) is 15.1 Å². The maximum Gasteiger partial charge on any atom is 0.416 e. The number of para-hydroxylation sites is 1. The summed E-state index contributed by atoms with van der Waals surface area (Å²) in [6.07, 6.45) is -3.23. The third-order valence-corrected chi connectivity index (χ3v) is 4.71. The van der Waals surface area contributed by atoms with Gasteiger partial charge in [0.15, 0.2) is 5.75 Å². The minimum absolute atomic E-state index is 0.0432. The number of hydrogen-bond donors (Lipinski definition) is 2. The predicted octanol–water partition coefficient (Wildman–Crippen LogP) is 4.97. The van der Waals surface area contributed by atoms with Crippen molar-refractivity contribution in [1.29, 1.82) is 0 Å². The summed E-state index contributed by atoms with van der Waals surface area (Å²) >= 11 is 5.56. The highest BCUT2D eigenvalue weighted by Crippen LogP contribution is 2.42. The number of carbonyl (C=O) groups is 2. The smallest absolute Gasteiger partial charge is 0.416 e. The number of urea groups is 1. The number of halogens is 4. The molecule has 2 N–H and O–H groups in total. The topological polar surface area (TPSA) is 70.7 Å². The lowest BCUT2D eigenvalue weighted by atomic mass is 10.1. The monoisotopic (exact) mass is 441 g/mol. The molecule has 3 rings (SSSR count). The molecule has 1 aliphatic heterocycles. The maximum atomic E-state index is 13.2. The molecule has 1 aliphatic rings. The number of benzene rings is 2. The van der Waals surface area contributed by atoms with E-state index in [1.165, 1.54) is 6.07 Å². The number of carbonyl (C=O) groups excluding carboxylic acids is 2. The van der Waals surface area contributed by atoms with Crippen LogP contribution in [0.3, 0.4) is 0 Å². The Morgan fingerprint density at radius 1 is 1.07 bits per heavy atom. The average molecular weight is 442 g/mol. The Labute approximate surface area is 175 Å². The van der Waals surface area contributed by atoms with Crippen LogP contribution in [0.1, 0.15) is 30.4 Å². The second kappa shape index (κ2) is 9.25. The van der Waals surface area contributed by atoms with Gasteiger partial charge in [-0.2, -0.15) is 13.2 Å². The summed E-state index contributed by atoms with van der Waals surface area (Å²) in [5, 5.41) is 0. The van der Waals surface area contributed by atoms with E-state index in [4.69, 9.17) is 16.3 Å². The van der Waals surface area contributed by atoms with Gasteiger partial charge in [-0.15, -0.1) is 11.6 Å². The third kappa shape index (κ3) is 5.15. The van der Waals surface area contributed by atoms with Gasteiger partial charge >= 0.3 is 12.2 Å². The Bertz CT molecular complexity index is 937. The van der Waals surface area contributed by atoms with Crippen molar-refractivity contribution in [2.75, 3.05) is 10.8 Å². The molecule has 1 heterocycles. The first-order valence-corrected chi connectivity index (χ1v) is 9.72. The van der Waals surface area contributed by atoms with Crippen LogP contribution in [0.15, 0.2) is 42.5 Å². The van der Waals surface area contributed by atoms with Gasteiger partial charge in [-0.1, -0.05) is 18.2 Å². The van der Waals surface area contributed by atoms with Crippen LogP contribution in [0.2, 0.25) is 0 Å². The van der Waals surface area contributed by atoms with E-state index in [2.05, 4.69) is 10.9 Å². The second-order valence-corrected chi connectivity index (χ2v) is 6.98. The largest absolute Gasteiger partial charge is 0.455 e. The molecule has 0 atom stereocenters. The summed E-state index contributed by atoms with van der Waals surface area (Å²) in [5.41, 5.74) is 4.15. The van der Waals surface area contributed by atoms with Gasteiger partial charge in [0.05, 0.1) is 17.8 Å². The van der Waals surface area contributed by atoms with Gasteiger partial charge in [0.1, 0.15) is 5.75 Å². The van der Waals surface area contributed by atoms with Crippen LogP contribution >= 0.6 is 11.6 Å². The van der Waals surface area contributed by atoms with Crippen LogP contribution in [0.4, 0.5) is 23.7 Å². The zero-order valence-corrected chi connectivity index (χ0v) is 16.5. The van der Waals surface area contributed by atoms with E-state index < -0.39 is 23.7 Å². The molecule has 0 saturated heterocycles. The highest BCUT2D eigenvalue weighted by molar-refractivity contribution is 6.17. The number of ether oxygens (including phenoxy) is 1. The number of amides is 3. The Balaban J connectivity index is 1.86. The molecule has 6 nitrogen and oxygen atoms in total. The molecule has 30 heavy (non-hydrogen) atoms. The first kappa shape index (κ1) is 21.8. The SMILES string of the molecule is O=C(CCCCCl)NNC(=O)N1Cc2ccccc2Oc2ccc(C(F)(F)F)cc21. The van der Waals surface area contributed by atoms with Crippen molar-refractivity contribution >= 4 is 29.2 Å². The van der Waals surface area contributed by atoms with Gasteiger partial charge in [-0.25, -0.2) is 10.2 Å². The number of alkyl halides is 4. The number of anilines is 1. The van der Waals surface area contributed by atoms with E-state index in [9.17, 15) is 22.8 Å². The summed E-state index contributed by atoms with van der Waals surface area (Å²) < 4.78 is 45.4. The van der Waals surface area contributed by atoms with Crippen LogP contribution in [-0.2, 0) is 17.5 Å². The molecule has 160 valence electrons. The maximum absolute atomic E-state index is 13.2. The lowest BCUT2D eigenvalue weighted by molar-refractivity contribution is -0.137. The van der Waals surface area contributed by atoms with Crippen molar-refractivity contribution in [3.05, 3.63) is 53.6 Å². The average Bonchev–Trinajstić information content (AvgIpc) is 2.87. The van der Waals surface area contributed by atoms with Crippen molar-refractivity contribution in [2.24, 2.45) is 0 Å². The van der Waals surface area contributed by atoms with Crippen molar-refractivity contribution in [2.45, 2.75) is 32.0 Å². The molecule has 0 spiro atoms. The first-order valence-electron chi connectivity index (χ1n) is 9.19. The normalized spacial score (nSPS) is 12.9. The zero-order valence-electron chi connectivity index (χ0n) is 15.8. The molecule has 0 aliphatic carbocycles. The van der Waals surface area contributed by atoms with Crippen LogP contribution < -0.4 is 20.5 Å². The van der Waals surface area contributed by atoms with Crippen molar-refractivity contribution in [3.8, 4) is 11.5 Å². The number of fused-ring (bicyclic) bond motifs is 2. The minimum Gasteiger partial charge on any atom is -0.455 e. The standard InChI is InChI=1S/C20H19ClF3N3O3/c21-10-4-3-7-18(28)25-26-19(29)27-12-13-5-1-2-6-16(13)30-17-9-8-14(11-15(17)27)20(22,23)24/h1-2,5-6,8-9,11H,3-4,7,10,12H2,(H,25,28)(H,26,29). The van der Waals surface area contributed by atoms with Gasteiger partial charge < -0.3 is 4.74 Å². The molecule has 3 amide bonds. The fourth-order valence-corrected chi connectivity index (χ4v) is 3.10. The lowest BCUT2D eigenvalue weighted by Gasteiger charge is -2.23. The van der Waals surface area contributed by atoms with Gasteiger partial charge in [0, 0.05) is 17.9 Å². The Morgan fingerprint density at radius 2 is 1.83 bits per heavy atom. The van der Waals surface area contributed by atoms with Gasteiger partial charge in [0.25, 0.3) is 0 Å². The van der Waals surface area contributed by atoms with Gasteiger partial charge in [-0.05, 0) is 37.1 Å². The summed E-state index contributed by atoms with van der Waals surface area (Å²) in [4.78, 5) is 25.7. The van der Waals surface area contributed by atoms with Crippen molar-refractivity contribution in [3.63, 3.8) is 0 Å². The Hall–Kier alpha value is -2.94. The fourth-order valence-electron chi connectivity index (χ4n) is 2.91. The van der Waals surface area contributed by atoms with E-state index >= 15 is 0 Å². The zero-order chi connectivity index (χ0) is 21.7. The molecule has 0 saturated carbocycles. The summed E-state index contributed by atoms with van der Waals surface area (Å²) in [7, 11) is 0. The highest BCUT2D eigenvalue weighted by atomic mass is 35.5. The Kier molecular flexibility index (Phi) is 6.71. The minimum atomic E-state index is -4.59. The quantitative estimate of drug-likeness (QED) is 0.400. The van der Waals surface area contributed by atoms with Crippen molar-refractivity contribution in [1.82, 2.24) is 10.9 Å². The van der Waals surface area contributed by atoms with Crippen LogP contribution in [0, 0.1) is 0 Å². The fraction of sp³-hybridized carbons (Fsp3) is 0.300. The second-order valence-electron chi connectivity index (χ2n) is 6.60. The molecule has 0 aromatic heterocycles. The predicted molar refractivity (Wildman–Crippen MR) is 105 cm³/mol. The molecule has 0 fully saturated rings. The van der Waals surface area contributed by atoms with Gasteiger partial charge in [0.2, 0.25) is 5.91 Å². The van der Waals surface area contributed by atoms with E-state index in [1.807, 2.05) is 0 Å². The molecule has 0 unspecified atom stereocenters. The van der Waals surface area contributed by atoms with E-state index in [0.717, 1.165) is 17.0 Å². The third-order valence-electron chi connectivity index (χ3n) is 4.44. The van der Waals surface area contributed by atoms with Crippen molar-refractivity contribution < 1.29 is 27.5 Å². The highest BCUT2D eigenvalue weighted by Gasteiger charge is 2.34. The molecular weight excluding hydrogens is 423 g/mol. The molecule has 0 bridgehead atoms. The number of nitrogens with zero attached hydrogens (tertiary/aromatic N) is 1. The number of hydrazine groups is 1. The van der Waals surface area contributed by atoms with Crippen LogP contribution in [0.25, 0.3) is 0 Å².